The summed E-state index contributed by atoms with van der Waals surface area (Å²) in [6.45, 7) is 8.54. The quantitative estimate of drug-likeness (QED) is 0.673. The summed E-state index contributed by atoms with van der Waals surface area (Å²) in [5.41, 5.74) is 7.19. The van der Waals surface area contributed by atoms with E-state index in [0.29, 0.717) is 25.1 Å². The Morgan fingerprint density at radius 2 is 2.00 bits per heavy atom. The van der Waals surface area contributed by atoms with Crippen LogP contribution in [0.4, 0.5) is 4.39 Å². The molecule has 2 N–H and O–H groups in total. The molecule has 0 spiro atoms. The summed E-state index contributed by atoms with van der Waals surface area (Å²) >= 11 is 0. The minimum absolute atomic E-state index is 0.120. The van der Waals surface area contributed by atoms with Crippen LogP contribution >= 0.6 is 0 Å². The number of carbonyl (C=O) groups is 1. The molecule has 0 radical (unpaired) electrons. The molecule has 6 heteroatoms. The van der Waals surface area contributed by atoms with Crippen LogP contribution in [0.15, 0.2) is 59.6 Å². The van der Waals surface area contributed by atoms with Crippen LogP contribution in [-0.2, 0) is 16.1 Å². The van der Waals surface area contributed by atoms with Crippen molar-refractivity contribution in [2.24, 2.45) is 16.1 Å². The number of ether oxygens (including phenoxy) is 1. The van der Waals surface area contributed by atoms with Gasteiger partial charge < -0.3 is 20.4 Å². The second-order valence-electron chi connectivity index (χ2n) is 8.46. The van der Waals surface area contributed by atoms with Crippen LogP contribution in [0.5, 0.6) is 0 Å². The van der Waals surface area contributed by atoms with Crippen molar-refractivity contribution in [2.75, 3.05) is 13.1 Å². The van der Waals surface area contributed by atoms with Gasteiger partial charge in [-0.3, -0.25) is 4.79 Å². The van der Waals surface area contributed by atoms with E-state index in [9.17, 15) is 9.18 Å². The highest BCUT2D eigenvalue weighted by Crippen LogP contribution is 2.45. The molecule has 1 aliphatic rings. The number of aliphatic imine (C=N–C) groups is 1. The van der Waals surface area contributed by atoms with Crippen LogP contribution in [-0.4, -0.2) is 42.8 Å². The zero-order valence-corrected chi connectivity index (χ0v) is 17.6. The van der Waals surface area contributed by atoms with Crippen LogP contribution in [0, 0.1) is 11.2 Å². The molecule has 1 amide bonds. The predicted molar refractivity (Wildman–Crippen MR) is 117 cm³/mol. The summed E-state index contributed by atoms with van der Waals surface area (Å²) in [5, 5.41) is 0. The maximum atomic E-state index is 14.1. The molecule has 0 unspecified atom stereocenters. The number of rotatable bonds is 8. The number of hydrogen-bond acceptors (Lipinski definition) is 4. The molecule has 1 aliphatic heterocycles. The fraction of sp³-hybridized carbons (Fsp3) is 0.417. The van der Waals surface area contributed by atoms with Gasteiger partial charge in [0.2, 0.25) is 5.91 Å². The topological polar surface area (TPSA) is 67.9 Å². The van der Waals surface area contributed by atoms with Crippen LogP contribution in [0.25, 0.3) is 0 Å². The minimum atomic E-state index is -0.422. The second kappa shape index (κ2) is 9.49. The van der Waals surface area contributed by atoms with Crippen LogP contribution < -0.4 is 5.73 Å². The van der Waals surface area contributed by atoms with Crippen molar-refractivity contribution in [2.45, 2.75) is 45.1 Å². The number of amides is 1. The van der Waals surface area contributed by atoms with Gasteiger partial charge in [-0.2, -0.15) is 0 Å². The van der Waals surface area contributed by atoms with E-state index >= 15 is 0 Å². The van der Waals surface area contributed by atoms with Crippen LogP contribution in [0.1, 0.15) is 37.4 Å². The van der Waals surface area contributed by atoms with Crippen molar-refractivity contribution in [1.82, 2.24) is 4.90 Å². The van der Waals surface area contributed by atoms with E-state index < -0.39 is 6.04 Å². The van der Waals surface area contributed by atoms with E-state index in [2.05, 4.69) is 25.6 Å². The molecule has 0 aliphatic carbocycles. The maximum Gasteiger partial charge on any atom is 0.237 e. The Labute approximate surface area is 177 Å². The van der Waals surface area contributed by atoms with Gasteiger partial charge in [0.25, 0.3) is 0 Å². The number of halogens is 1. The third-order valence-electron chi connectivity index (χ3n) is 5.82. The first kappa shape index (κ1) is 22.1. The number of hydrogen-bond donors (Lipinski definition) is 1. The Balaban J connectivity index is 1.99. The lowest BCUT2D eigenvalue weighted by molar-refractivity contribution is -0.136. The van der Waals surface area contributed by atoms with Gasteiger partial charge in [-0.05, 0) is 36.4 Å². The monoisotopic (exact) mass is 411 g/mol. The zero-order valence-electron chi connectivity index (χ0n) is 17.6. The van der Waals surface area contributed by atoms with Crippen molar-refractivity contribution in [3.63, 3.8) is 0 Å². The second-order valence-corrected chi connectivity index (χ2v) is 8.46. The molecular weight excluding hydrogens is 381 g/mol. The smallest absolute Gasteiger partial charge is 0.237 e. The Morgan fingerprint density at radius 3 is 2.63 bits per heavy atom. The molecular formula is C24H30FN3O2. The van der Waals surface area contributed by atoms with Gasteiger partial charge in [0.05, 0.1) is 25.3 Å². The number of carbonyl (C=O) groups excluding carboxylic acids is 1. The van der Waals surface area contributed by atoms with Gasteiger partial charge in [0, 0.05) is 18.0 Å². The molecule has 30 heavy (non-hydrogen) atoms. The minimum Gasteiger partial charge on any atom is -0.371 e. The average Bonchev–Trinajstić information content (AvgIpc) is 3.13. The molecule has 3 atom stereocenters. The summed E-state index contributed by atoms with van der Waals surface area (Å²) in [7, 11) is 0. The van der Waals surface area contributed by atoms with Gasteiger partial charge in [-0.15, -0.1) is 0 Å². The van der Waals surface area contributed by atoms with Gasteiger partial charge in [-0.25, -0.2) is 4.39 Å². The van der Waals surface area contributed by atoms with Crippen molar-refractivity contribution in [3.8, 4) is 0 Å². The standard InChI is InChI=1S/C24H30FN3O2/c1-24(2,16-27-3)21-13-20(30-15-17-8-5-4-6-9-17)23(28(21)22(29)14-26)18-10-7-11-19(25)12-18/h4-12,20-21,23H,3,13-16,26H2,1-2H3/t20-,21-,23-/m1/s1. The Kier molecular flexibility index (Phi) is 7.00. The van der Waals surface area contributed by atoms with Crippen molar-refractivity contribution in [3.05, 3.63) is 71.5 Å². The van der Waals surface area contributed by atoms with E-state index in [1.807, 2.05) is 36.4 Å². The average molecular weight is 412 g/mol. The van der Waals surface area contributed by atoms with Gasteiger partial charge in [-0.1, -0.05) is 56.3 Å². The normalized spacial score (nSPS) is 21.6. The predicted octanol–water partition coefficient (Wildman–Crippen LogP) is 3.74. The summed E-state index contributed by atoms with van der Waals surface area (Å²) in [6.07, 6.45) is 0.319. The molecule has 0 bridgehead atoms. The SMILES string of the molecule is C=NCC(C)(C)[C@H]1C[C@@H](OCc2ccccc2)[C@@H](c2cccc(F)c2)N1C(=O)CN. The summed E-state index contributed by atoms with van der Waals surface area (Å²) in [6, 6.07) is 15.7. The zero-order chi connectivity index (χ0) is 21.7. The van der Waals surface area contributed by atoms with Crippen LogP contribution in [0.2, 0.25) is 0 Å². The first-order valence-electron chi connectivity index (χ1n) is 10.2. The Bertz CT molecular complexity index is 872. The fourth-order valence-electron chi connectivity index (χ4n) is 4.36. The number of likely N-dealkylation sites (tertiary alicyclic amines) is 1. The van der Waals surface area contributed by atoms with Gasteiger partial charge in [0.1, 0.15) is 5.82 Å². The lowest BCUT2D eigenvalue weighted by Gasteiger charge is -2.39. The van der Waals surface area contributed by atoms with Gasteiger partial charge >= 0.3 is 0 Å². The third-order valence-corrected chi connectivity index (χ3v) is 5.82. The first-order chi connectivity index (χ1) is 14.4. The molecule has 0 saturated carbocycles. The highest BCUT2D eigenvalue weighted by atomic mass is 19.1. The largest absolute Gasteiger partial charge is 0.371 e. The van der Waals surface area contributed by atoms with Crippen LogP contribution in [0.3, 0.4) is 0 Å². The summed E-state index contributed by atoms with van der Waals surface area (Å²) in [5.74, 6) is -0.526. The summed E-state index contributed by atoms with van der Waals surface area (Å²) < 4.78 is 20.4. The molecule has 2 aromatic carbocycles. The molecule has 5 nitrogen and oxygen atoms in total. The van der Waals surface area contributed by atoms with Crippen molar-refractivity contribution in [1.29, 1.82) is 0 Å². The highest BCUT2D eigenvalue weighted by molar-refractivity contribution is 5.79. The maximum absolute atomic E-state index is 14.1. The molecule has 0 aromatic heterocycles. The van der Waals surface area contributed by atoms with E-state index in [1.54, 1.807) is 11.0 Å². The molecule has 1 saturated heterocycles. The van der Waals surface area contributed by atoms with Crippen molar-refractivity contribution < 1.29 is 13.9 Å². The third kappa shape index (κ3) is 4.77. The Morgan fingerprint density at radius 1 is 1.27 bits per heavy atom. The number of nitrogens with two attached hydrogens (primary N) is 1. The number of nitrogens with zero attached hydrogens (tertiary/aromatic N) is 2. The fourth-order valence-corrected chi connectivity index (χ4v) is 4.36. The number of benzene rings is 2. The van der Waals surface area contributed by atoms with E-state index in [4.69, 9.17) is 10.5 Å². The molecule has 3 rings (SSSR count). The summed E-state index contributed by atoms with van der Waals surface area (Å²) in [4.78, 5) is 18.8. The van der Waals surface area contributed by atoms with E-state index in [-0.39, 0.29) is 35.8 Å². The lowest BCUT2D eigenvalue weighted by atomic mass is 9.82. The highest BCUT2D eigenvalue weighted by Gasteiger charge is 2.50. The van der Waals surface area contributed by atoms with E-state index in [0.717, 1.165) is 5.56 Å². The van der Waals surface area contributed by atoms with Crippen molar-refractivity contribution >= 4 is 12.6 Å². The van der Waals surface area contributed by atoms with Gasteiger partial charge in [0.15, 0.2) is 0 Å². The Hall–Kier alpha value is -2.57. The molecule has 1 heterocycles. The van der Waals surface area contributed by atoms with E-state index in [1.165, 1.54) is 12.1 Å². The lowest BCUT2D eigenvalue weighted by Crippen LogP contribution is -2.48. The molecule has 1 fully saturated rings. The molecule has 2 aromatic rings. The molecule has 160 valence electrons. The first-order valence-corrected chi connectivity index (χ1v) is 10.2.